The minimum Gasteiger partial charge on any atom is -0.507 e. The molecule has 1 aliphatic carbocycles. The summed E-state index contributed by atoms with van der Waals surface area (Å²) in [6, 6.07) is 12.2. The lowest BCUT2D eigenvalue weighted by Crippen LogP contribution is -2.13. The fraction of sp³-hybridized carbons (Fsp3) is 0.167. The van der Waals surface area contributed by atoms with Gasteiger partial charge in [-0.05, 0) is 51.0 Å². The summed E-state index contributed by atoms with van der Waals surface area (Å²) in [6.07, 6.45) is 7.92. The minimum atomic E-state index is -0.310. The number of carbonyl (C=O) groups excluding carboxylic acids is 2. The summed E-state index contributed by atoms with van der Waals surface area (Å²) in [5, 5.41) is 20.2. The number of allylic oxidation sites excluding steroid dienone is 7. The maximum absolute atomic E-state index is 11.9. The van der Waals surface area contributed by atoms with Gasteiger partial charge in [0.1, 0.15) is 28.2 Å². The van der Waals surface area contributed by atoms with E-state index in [2.05, 4.69) is 6.58 Å². The molecular formula is C30H28O6. The maximum atomic E-state index is 11.9. The molecule has 1 atom stereocenters. The molecule has 1 heterocycles. The topological polar surface area (TPSA) is 105 Å². The van der Waals surface area contributed by atoms with Gasteiger partial charge in [0.25, 0.3) is 0 Å². The highest BCUT2D eigenvalue weighted by Crippen LogP contribution is 2.35. The van der Waals surface area contributed by atoms with Crippen LogP contribution < -0.4 is 5.43 Å². The third-order valence-corrected chi connectivity index (χ3v) is 5.62. The quantitative estimate of drug-likeness (QED) is 0.360. The molecule has 0 saturated carbocycles. The molecule has 0 radical (unpaired) electrons. The Hall–Kier alpha value is -4.45. The molecule has 0 saturated heterocycles. The van der Waals surface area contributed by atoms with E-state index >= 15 is 0 Å². The van der Waals surface area contributed by atoms with Crippen molar-refractivity contribution in [2.75, 3.05) is 0 Å². The lowest BCUT2D eigenvalue weighted by Gasteiger charge is -2.16. The number of benzene rings is 2. The van der Waals surface area contributed by atoms with Crippen LogP contribution in [0.15, 0.2) is 99.8 Å². The van der Waals surface area contributed by atoms with Crippen LogP contribution >= 0.6 is 0 Å². The monoisotopic (exact) mass is 484 g/mol. The van der Waals surface area contributed by atoms with E-state index in [0.717, 1.165) is 11.1 Å². The molecule has 3 aromatic rings. The first kappa shape index (κ1) is 26.2. The van der Waals surface area contributed by atoms with Crippen LogP contribution in [0.2, 0.25) is 0 Å². The van der Waals surface area contributed by atoms with Crippen molar-refractivity contribution in [3.05, 3.63) is 118 Å². The molecule has 0 amide bonds. The SMILES string of the molecule is C=CC(C1=CC(=O)C=CC1=O)c1ccccc1.CC(C)=CCc1c(O)cc2oc(C)cc(=O)c2c1O. The number of fused-ring (bicyclic) bond motifs is 1. The highest BCUT2D eigenvalue weighted by atomic mass is 16.3. The molecule has 0 aliphatic heterocycles. The third-order valence-electron chi connectivity index (χ3n) is 5.62. The van der Waals surface area contributed by atoms with Gasteiger partial charge < -0.3 is 14.6 Å². The number of carbonyl (C=O) groups is 2. The Bertz CT molecular complexity index is 1460. The number of hydrogen-bond donors (Lipinski definition) is 2. The van der Waals surface area contributed by atoms with Gasteiger partial charge in [0, 0.05) is 29.2 Å². The van der Waals surface area contributed by atoms with E-state index in [1.165, 1.54) is 30.4 Å². The Balaban J connectivity index is 0.000000202. The van der Waals surface area contributed by atoms with Crippen LogP contribution in [-0.4, -0.2) is 21.8 Å². The van der Waals surface area contributed by atoms with Gasteiger partial charge >= 0.3 is 0 Å². The molecule has 0 fully saturated rings. The number of ketones is 2. The van der Waals surface area contributed by atoms with Gasteiger partial charge in [-0.25, -0.2) is 0 Å². The second-order valence-corrected chi connectivity index (χ2v) is 8.63. The summed E-state index contributed by atoms with van der Waals surface area (Å²) < 4.78 is 5.35. The largest absolute Gasteiger partial charge is 0.507 e. The molecule has 1 aromatic heterocycles. The number of aryl methyl sites for hydroxylation is 1. The number of aromatic hydroxyl groups is 2. The van der Waals surface area contributed by atoms with Crippen molar-refractivity contribution < 1.29 is 24.2 Å². The van der Waals surface area contributed by atoms with E-state index in [4.69, 9.17) is 4.42 Å². The molecule has 6 nitrogen and oxygen atoms in total. The minimum absolute atomic E-state index is 0.0729. The first-order valence-corrected chi connectivity index (χ1v) is 11.4. The Morgan fingerprint density at radius 3 is 2.39 bits per heavy atom. The van der Waals surface area contributed by atoms with Crippen molar-refractivity contribution in [3.8, 4) is 11.5 Å². The van der Waals surface area contributed by atoms with Gasteiger partial charge in [0.15, 0.2) is 17.0 Å². The lowest BCUT2D eigenvalue weighted by molar-refractivity contribution is -0.114. The molecule has 6 heteroatoms. The molecular weight excluding hydrogens is 456 g/mol. The van der Waals surface area contributed by atoms with Crippen molar-refractivity contribution in [1.29, 1.82) is 0 Å². The molecule has 2 N–H and O–H groups in total. The molecule has 0 spiro atoms. The van der Waals surface area contributed by atoms with Crippen LogP contribution in [0.4, 0.5) is 0 Å². The van der Waals surface area contributed by atoms with Gasteiger partial charge in [-0.3, -0.25) is 14.4 Å². The molecule has 4 rings (SSSR count). The van der Waals surface area contributed by atoms with Crippen molar-refractivity contribution in [3.63, 3.8) is 0 Å². The zero-order valence-corrected chi connectivity index (χ0v) is 20.4. The van der Waals surface area contributed by atoms with Crippen LogP contribution in [0, 0.1) is 6.92 Å². The van der Waals surface area contributed by atoms with E-state index in [9.17, 15) is 24.6 Å². The summed E-state index contributed by atoms with van der Waals surface area (Å²) in [4.78, 5) is 35.0. The van der Waals surface area contributed by atoms with Gasteiger partial charge in [-0.2, -0.15) is 0 Å². The number of phenolic OH excluding ortho intramolecular Hbond substituents is 2. The van der Waals surface area contributed by atoms with Crippen molar-refractivity contribution in [2.45, 2.75) is 33.1 Å². The fourth-order valence-electron chi connectivity index (χ4n) is 3.83. The van der Waals surface area contributed by atoms with E-state index < -0.39 is 0 Å². The van der Waals surface area contributed by atoms with Crippen LogP contribution in [0.25, 0.3) is 11.0 Å². The summed E-state index contributed by atoms with van der Waals surface area (Å²) in [7, 11) is 0. The van der Waals surface area contributed by atoms with Crippen LogP contribution in [-0.2, 0) is 16.0 Å². The molecule has 36 heavy (non-hydrogen) atoms. The number of phenols is 2. The zero-order valence-electron chi connectivity index (χ0n) is 20.4. The van der Waals surface area contributed by atoms with Crippen LogP contribution in [0.3, 0.4) is 0 Å². The fourth-order valence-corrected chi connectivity index (χ4v) is 3.83. The highest BCUT2D eigenvalue weighted by Gasteiger charge is 2.21. The Morgan fingerprint density at radius 2 is 1.75 bits per heavy atom. The molecule has 1 aliphatic rings. The van der Waals surface area contributed by atoms with Crippen molar-refractivity contribution >= 4 is 22.5 Å². The molecule has 2 aromatic carbocycles. The Labute approximate surface area is 209 Å². The first-order chi connectivity index (χ1) is 17.1. The summed E-state index contributed by atoms with van der Waals surface area (Å²) >= 11 is 0. The lowest BCUT2D eigenvalue weighted by atomic mass is 9.86. The van der Waals surface area contributed by atoms with Crippen LogP contribution in [0.1, 0.15) is 36.7 Å². The van der Waals surface area contributed by atoms with E-state index in [1.807, 2.05) is 50.3 Å². The van der Waals surface area contributed by atoms with E-state index in [-0.39, 0.29) is 45.4 Å². The molecule has 1 unspecified atom stereocenters. The normalized spacial score (nSPS) is 13.5. The second-order valence-electron chi connectivity index (χ2n) is 8.63. The van der Waals surface area contributed by atoms with Crippen LogP contribution in [0.5, 0.6) is 11.5 Å². The highest BCUT2D eigenvalue weighted by molar-refractivity contribution is 6.18. The number of hydrogen-bond acceptors (Lipinski definition) is 6. The predicted octanol–water partition coefficient (Wildman–Crippen LogP) is 5.61. The van der Waals surface area contributed by atoms with Crippen molar-refractivity contribution in [2.24, 2.45) is 0 Å². The van der Waals surface area contributed by atoms with Crippen molar-refractivity contribution in [1.82, 2.24) is 0 Å². The van der Waals surface area contributed by atoms with Gasteiger partial charge in [-0.15, -0.1) is 6.58 Å². The number of rotatable bonds is 5. The van der Waals surface area contributed by atoms with Gasteiger partial charge in [0.2, 0.25) is 0 Å². The third kappa shape index (κ3) is 5.96. The predicted molar refractivity (Wildman–Crippen MR) is 140 cm³/mol. The first-order valence-electron chi connectivity index (χ1n) is 11.4. The molecule has 184 valence electrons. The standard InChI is InChI=1S/C15H16O4.C15H12O2/c1-8(2)4-5-10-11(16)7-13-14(15(10)18)12(17)6-9(3)19-13;1-2-13(11-6-4-3-5-7-11)14-10-12(16)8-9-15(14)17/h4,6-7,16,18H,5H2,1-3H3;2-10,13H,1H2. The van der Waals surface area contributed by atoms with Gasteiger partial charge in [-0.1, -0.05) is 48.1 Å². The van der Waals surface area contributed by atoms with E-state index in [0.29, 0.717) is 23.3 Å². The average Bonchev–Trinajstić information content (AvgIpc) is 2.82. The average molecular weight is 485 g/mol. The molecule has 0 bridgehead atoms. The van der Waals surface area contributed by atoms with Gasteiger partial charge in [0.05, 0.1) is 0 Å². The Kier molecular flexibility index (Phi) is 8.22. The smallest absolute Gasteiger partial charge is 0.196 e. The second kappa shape index (κ2) is 11.3. The summed E-state index contributed by atoms with van der Waals surface area (Å²) in [5.41, 5.74) is 2.74. The van der Waals surface area contributed by atoms with E-state index in [1.54, 1.807) is 13.0 Å². The maximum Gasteiger partial charge on any atom is 0.196 e. The summed E-state index contributed by atoms with van der Waals surface area (Å²) in [5.74, 6) is -0.343. The zero-order chi connectivity index (χ0) is 26.4. The Morgan fingerprint density at radius 1 is 1.06 bits per heavy atom. The summed E-state index contributed by atoms with van der Waals surface area (Å²) in [6.45, 7) is 9.24.